The number of rotatable bonds is 1. The lowest BCUT2D eigenvalue weighted by Crippen LogP contribution is -2.16. The van der Waals surface area contributed by atoms with E-state index in [2.05, 4.69) is 17.0 Å². The molecule has 0 radical (unpaired) electrons. The Bertz CT molecular complexity index is 285. The summed E-state index contributed by atoms with van der Waals surface area (Å²) >= 11 is 0. The Balaban J connectivity index is 2.17. The van der Waals surface area contributed by atoms with Crippen molar-refractivity contribution < 1.29 is 0 Å². The monoisotopic (exact) mass is 180 g/mol. The van der Waals surface area contributed by atoms with E-state index >= 15 is 0 Å². The van der Waals surface area contributed by atoms with Crippen molar-refractivity contribution in [3.63, 3.8) is 0 Å². The van der Waals surface area contributed by atoms with Gasteiger partial charge in [-0.05, 0) is 26.9 Å². The van der Waals surface area contributed by atoms with E-state index in [9.17, 15) is 0 Å². The number of hydrogen-bond acceptors (Lipinski definition) is 3. The third-order valence-corrected chi connectivity index (χ3v) is 2.70. The molecule has 0 aliphatic carbocycles. The van der Waals surface area contributed by atoms with Gasteiger partial charge in [0.15, 0.2) is 0 Å². The highest BCUT2D eigenvalue weighted by atomic mass is 15.3. The number of anilines is 1. The molecule has 1 aromatic heterocycles. The van der Waals surface area contributed by atoms with E-state index in [0.29, 0.717) is 6.04 Å². The number of likely N-dealkylation sites (tertiary alicyclic amines) is 1. The molecule has 1 aromatic rings. The van der Waals surface area contributed by atoms with Crippen LogP contribution in [0.4, 0.5) is 5.69 Å². The first-order valence-electron chi connectivity index (χ1n) is 4.66. The van der Waals surface area contributed by atoms with Crippen LogP contribution in [0.25, 0.3) is 0 Å². The molecule has 4 nitrogen and oxygen atoms in total. The maximum Gasteiger partial charge on any atom is 0.0823 e. The molecular formula is C9H16N4. The molecule has 1 aliphatic heterocycles. The van der Waals surface area contributed by atoms with Gasteiger partial charge in [-0.2, -0.15) is 5.10 Å². The highest BCUT2D eigenvalue weighted by molar-refractivity contribution is 5.39. The molecule has 0 aromatic carbocycles. The molecule has 1 fully saturated rings. The summed E-state index contributed by atoms with van der Waals surface area (Å²) in [4.78, 5) is 2.32. The lowest BCUT2D eigenvalue weighted by atomic mass is 10.3. The number of nitrogen functional groups attached to an aromatic ring is 1. The van der Waals surface area contributed by atoms with E-state index in [0.717, 1.165) is 24.5 Å². The molecular weight excluding hydrogens is 164 g/mol. The maximum absolute atomic E-state index is 5.75. The summed E-state index contributed by atoms with van der Waals surface area (Å²) in [5, 5.41) is 4.39. The van der Waals surface area contributed by atoms with E-state index in [-0.39, 0.29) is 0 Å². The predicted molar refractivity (Wildman–Crippen MR) is 52.5 cm³/mol. The molecule has 0 bridgehead atoms. The van der Waals surface area contributed by atoms with Crippen LogP contribution in [0.2, 0.25) is 0 Å². The molecule has 2 heterocycles. The molecule has 1 atom stereocenters. The van der Waals surface area contributed by atoms with Crippen LogP contribution in [0.15, 0.2) is 6.20 Å². The third-order valence-electron chi connectivity index (χ3n) is 2.70. The predicted octanol–water partition coefficient (Wildman–Crippen LogP) is 0.650. The van der Waals surface area contributed by atoms with Gasteiger partial charge in [-0.25, -0.2) is 0 Å². The lowest BCUT2D eigenvalue weighted by molar-refractivity contribution is 0.381. The average molecular weight is 180 g/mol. The fourth-order valence-corrected chi connectivity index (χ4v) is 1.81. The Labute approximate surface area is 78.3 Å². The zero-order chi connectivity index (χ0) is 9.42. The number of aromatic nitrogens is 2. The second-order valence-electron chi connectivity index (χ2n) is 3.85. The topological polar surface area (TPSA) is 47.1 Å². The summed E-state index contributed by atoms with van der Waals surface area (Å²) in [6, 6.07) is 0.515. The van der Waals surface area contributed by atoms with Crippen molar-refractivity contribution in [2.24, 2.45) is 0 Å². The summed E-state index contributed by atoms with van der Waals surface area (Å²) in [6.07, 6.45) is 3.12. The smallest absolute Gasteiger partial charge is 0.0823 e. The zero-order valence-corrected chi connectivity index (χ0v) is 8.20. The van der Waals surface area contributed by atoms with Crippen LogP contribution in [0, 0.1) is 6.92 Å². The van der Waals surface area contributed by atoms with Gasteiger partial charge in [0.25, 0.3) is 0 Å². The first kappa shape index (κ1) is 8.56. The fraction of sp³-hybridized carbons (Fsp3) is 0.667. The third kappa shape index (κ3) is 1.54. The van der Waals surface area contributed by atoms with Crippen molar-refractivity contribution in [1.29, 1.82) is 0 Å². The van der Waals surface area contributed by atoms with Gasteiger partial charge < -0.3 is 10.6 Å². The molecule has 0 spiro atoms. The van der Waals surface area contributed by atoms with Crippen molar-refractivity contribution in [3.05, 3.63) is 11.9 Å². The van der Waals surface area contributed by atoms with Gasteiger partial charge in [0.1, 0.15) is 0 Å². The first-order valence-corrected chi connectivity index (χ1v) is 4.66. The Morgan fingerprint density at radius 1 is 1.62 bits per heavy atom. The highest BCUT2D eigenvalue weighted by Gasteiger charge is 2.21. The van der Waals surface area contributed by atoms with Crippen LogP contribution < -0.4 is 5.73 Å². The van der Waals surface area contributed by atoms with Gasteiger partial charge in [-0.1, -0.05) is 0 Å². The molecule has 0 saturated carbocycles. The number of likely N-dealkylation sites (N-methyl/N-ethyl adjacent to an activating group) is 1. The van der Waals surface area contributed by atoms with Crippen molar-refractivity contribution >= 4 is 5.69 Å². The normalized spacial score (nSPS) is 24.0. The van der Waals surface area contributed by atoms with Gasteiger partial charge >= 0.3 is 0 Å². The molecule has 2 rings (SSSR count). The van der Waals surface area contributed by atoms with E-state index in [1.807, 2.05) is 17.8 Å². The molecule has 1 aliphatic rings. The van der Waals surface area contributed by atoms with Gasteiger partial charge in [0.2, 0.25) is 0 Å². The molecule has 0 amide bonds. The van der Waals surface area contributed by atoms with E-state index < -0.39 is 0 Å². The number of hydrogen-bond donors (Lipinski definition) is 1. The minimum absolute atomic E-state index is 0.515. The van der Waals surface area contributed by atoms with Crippen molar-refractivity contribution in [3.8, 4) is 0 Å². The van der Waals surface area contributed by atoms with Crippen molar-refractivity contribution in [2.45, 2.75) is 19.4 Å². The Morgan fingerprint density at radius 2 is 2.38 bits per heavy atom. The Hall–Kier alpha value is -1.03. The van der Waals surface area contributed by atoms with Crippen LogP contribution >= 0.6 is 0 Å². The minimum atomic E-state index is 0.515. The average Bonchev–Trinajstić information content (AvgIpc) is 2.61. The van der Waals surface area contributed by atoms with Crippen LogP contribution in [0.3, 0.4) is 0 Å². The first-order chi connectivity index (χ1) is 6.16. The number of nitrogens with zero attached hydrogens (tertiary/aromatic N) is 3. The lowest BCUT2D eigenvalue weighted by Gasteiger charge is -2.10. The summed E-state index contributed by atoms with van der Waals surface area (Å²) < 4.78 is 2.01. The van der Waals surface area contributed by atoms with Crippen LogP contribution in [0.5, 0.6) is 0 Å². The van der Waals surface area contributed by atoms with E-state index in [1.54, 1.807) is 0 Å². The summed E-state index contributed by atoms with van der Waals surface area (Å²) in [5.74, 6) is 0. The Kier molecular flexibility index (Phi) is 2.00. The van der Waals surface area contributed by atoms with Crippen molar-refractivity contribution in [2.75, 3.05) is 25.9 Å². The maximum atomic E-state index is 5.75. The molecule has 1 unspecified atom stereocenters. The summed E-state index contributed by atoms with van der Waals surface area (Å²) in [6.45, 7) is 4.19. The van der Waals surface area contributed by atoms with Gasteiger partial charge in [-0.15, -0.1) is 0 Å². The molecule has 72 valence electrons. The number of nitrogens with two attached hydrogens (primary N) is 1. The molecule has 2 N–H and O–H groups in total. The highest BCUT2D eigenvalue weighted by Crippen LogP contribution is 2.21. The van der Waals surface area contributed by atoms with E-state index in [4.69, 9.17) is 5.73 Å². The van der Waals surface area contributed by atoms with Crippen LogP contribution in [-0.4, -0.2) is 34.8 Å². The standard InChI is InChI=1S/C9H16N4/c1-7-9(10)6-13(11-7)8-3-4-12(2)5-8/h6,8H,3-5,10H2,1-2H3. The van der Waals surface area contributed by atoms with Crippen LogP contribution in [0.1, 0.15) is 18.2 Å². The van der Waals surface area contributed by atoms with Crippen molar-refractivity contribution in [1.82, 2.24) is 14.7 Å². The van der Waals surface area contributed by atoms with Crippen LogP contribution in [-0.2, 0) is 0 Å². The Morgan fingerprint density at radius 3 is 2.85 bits per heavy atom. The fourth-order valence-electron chi connectivity index (χ4n) is 1.81. The van der Waals surface area contributed by atoms with Gasteiger partial charge in [0, 0.05) is 12.7 Å². The summed E-state index contributed by atoms with van der Waals surface area (Å²) in [5.41, 5.74) is 7.49. The van der Waals surface area contributed by atoms with Gasteiger partial charge in [-0.3, -0.25) is 4.68 Å². The second-order valence-corrected chi connectivity index (χ2v) is 3.85. The quantitative estimate of drug-likeness (QED) is 0.690. The zero-order valence-electron chi connectivity index (χ0n) is 8.20. The molecule has 1 saturated heterocycles. The molecule has 13 heavy (non-hydrogen) atoms. The molecule has 4 heteroatoms. The summed E-state index contributed by atoms with van der Waals surface area (Å²) in [7, 11) is 2.14. The second kappa shape index (κ2) is 3.03. The van der Waals surface area contributed by atoms with Gasteiger partial charge in [0.05, 0.1) is 17.4 Å². The SMILES string of the molecule is Cc1nn(C2CCN(C)C2)cc1N. The number of aryl methyl sites for hydroxylation is 1. The van der Waals surface area contributed by atoms with E-state index in [1.165, 1.54) is 6.42 Å². The largest absolute Gasteiger partial charge is 0.396 e. The minimum Gasteiger partial charge on any atom is -0.396 e.